The number of aryl methyl sites for hydroxylation is 1. The lowest BCUT2D eigenvalue weighted by molar-refractivity contribution is 0.414. The fraction of sp³-hybridized carbons (Fsp3) is 0.136. The Kier molecular flexibility index (Phi) is 5.13. The van der Waals surface area contributed by atoms with Crippen molar-refractivity contribution in [3.63, 3.8) is 0 Å². The van der Waals surface area contributed by atoms with Crippen molar-refractivity contribution >= 4 is 34.1 Å². The summed E-state index contributed by atoms with van der Waals surface area (Å²) in [5.74, 6) is 0.798. The number of aromatic hydroxyl groups is 1. The van der Waals surface area contributed by atoms with Crippen LogP contribution in [0.3, 0.4) is 0 Å². The van der Waals surface area contributed by atoms with Crippen molar-refractivity contribution in [2.24, 2.45) is 5.73 Å². The molecule has 0 aliphatic rings. The third-order valence-electron chi connectivity index (χ3n) is 4.99. The van der Waals surface area contributed by atoms with Gasteiger partial charge in [0.05, 0.1) is 18.0 Å². The number of nitrogens with zero attached hydrogens (tertiary/aromatic N) is 2. The van der Waals surface area contributed by atoms with E-state index < -0.39 is 0 Å². The van der Waals surface area contributed by atoms with Crippen molar-refractivity contribution in [2.75, 3.05) is 7.11 Å². The molecule has 0 radical (unpaired) electrons. The van der Waals surface area contributed by atoms with Crippen molar-refractivity contribution in [3.8, 4) is 28.4 Å². The SMILES string of the molecule is COc1ccc(-n2cc3nc(C)c(CN)c(-c4ccc(Cl)cc4Cl)c3c2O)cc1. The van der Waals surface area contributed by atoms with Gasteiger partial charge in [0.25, 0.3) is 0 Å². The van der Waals surface area contributed by atoms with Gasteiger partial charge in [-0.3, -0.25) is 9.55 Å². The normalized spacial score (nSPS) is 11.2. The molecule has 29 heavy (non-hydrogen) atoms. The summed E-state index contributed by atoms with van der Waals surface area (Å²) in [7, 11) is 1.61. The summed E-state index contributed by atoms with van der Waals surface area (Å²) in [6.07, 6.45) is 1.80. The number of fused-ring (bicyclic) bond motifs is 1. The predicted molar refractivity (Wildman–Crippen MR) is 117 cm³/mol. The maximum Gasteiger partial charge on any atom is 0.206 e. The number of benzene rings is 2. The standard InChI is InChI=1S/C22H19Cl2N3O2/c1-12-17(10-25)20(16-8-3-13(23)9-18(16)24)21-19(26-12)11-27(22(21)28)14-4-6-15(29-2)7-5-14/h3-9,11,28H,10,25H2,1-2H3. The topological polar surface area (TPSA) is 73.3 Å². The quantitative estimate of drug-likeness (QED) is 0.452. The number of nitrogens with two attached hydrogens (primary N) is 1. The van der Waals surface area contributed by atoms with E-state index >= 15 is 0 Å². The minimum absolute atomic E-state index is 0.0633. The number of rotatable bonds is 4. The second kappa shape index (κ2) is 7.59. The smallest absolute Gasteiger partial charge is 0.206 e. The summed E-state index contributed by atoms with van der Waals surface area (Å²) in [5.41, 5.74) is 10.6. The molecule has 2 aromatic carbocycles. The highest BCUT2D eigenvalue weighted by atomic mass is 35.5. The Hall–Kier alpha value is -2.73. The van der Waals surface area contributed by atoms with Crippen molar-refractivity contribution in [1.82, 2.24) is 9.55 Å². The van der Waals surface area contributed by atoms with Crippen molar-refractivity contribution < 1.29 is 9.84 Å². The lowest BCUT2D eigenvalue weighted by Crippen LogP contribution is -2.04. The molecular formula is C22H19Cl2N3O2. The zero-order chi connectivity index (χ0) is 20.7. The van der Waals surface area contributed by atoms with Crippen LogP contribution in [0, 0.1) is 6.92 Å². The molecule has 2 heterocycles. The Morgan fingerprint density at radius 3 is 2.48 bits per heavy atom. The molecule has 0 atom stereocenters. The van der Waals surface area contributed by atoms with E-state index in [1.807, 2.05) is 37.3 Å². The van der Waals surface area contributed by atoms with Gasteiger partial charge < -0.3 is 15.6 Å². The Morgan fingerprint density at radius 2 is 1.86 bits per heavy atom. The van der Waals surface area contributed by atoms with Crippen LogP contribution in [-0.4, -0.2) is 21.8 Å². The molecule has 3 N–H and O–H groups in total. The number of hydrogen-bond donors (Lipinski definition) is 2. The van der Waals surface area contributed by atoms with Gasteiger partial charge in [0.15, 0.2) is 0 Å². The average molecular weight is 428 g/mol. The molecule has 5 nitrogen and oxygen atoms in total. The van der Waals surface area contributed by atoms with E-state index in [9.17, 15) is 5.11 Å². The first kappa shape index (κ1) is 19.6. The predicted octanol–water partition coefficient (Wildman–Crippen LogP) is 5.48. The molecule has 0 bridgehead atoms. The van der Waals surface area contributed by atoms with Gasteiger partial charge in [-0.2, -0.15) is 0 Å². The highest BCUT2D eigenvalue weighted by Crippen LogP contribution is 2.43. The summed E-state index contributed by atoms with van der Waals surface area (Å²) in [4.78, 5) is 4.67. The van der Waals surface area contributed by atoms with Crippen LogP contribution in [-0.2, 0) is 6.54 Å². The first-order valence-electron chi connectivity index (χ1n) is 8.98. The van der Waals surface area contributed by atoms with Crippen LogP contribution in [0.25, 0.3) is 27.7 Å². The molecule has 0 saturated heterocycles. The third-order valence-corrected chi connectivity index (χ3v) is 5.54. The molecule has 0 spiro atoms. The van der Waals surface area contributed by atoms with Crippen molar-refractivity contribution in [3.05, 3.63) is 70.0 Å². The Morgan fingerprint density at radius 1 is 1.14 bits per heavy atom. The second-order valence-corrected chi connectivity index (χ2v) is 7.50. The first-order valence-corrected chi connectivity index (χ1v) is 9.73. The molecule has 7 heteroatoms. The van der Waals surface area contributed by atoms with Gasteiger partial charge in [0, 0.05) is 45.3 Å². The largest absolute Gasteiger partial charge is 0.497 e. The van der Waals surface area contributed by atoms with Crippen LogP contribution in [0.1, 0.15) is 11.3 Å². The van der Waals surface area contributed by atoms with E-state index in [4.69, 9.17) is 33.7 Å². The summed E-state index contributed by atoms with van der Waals surface area (Å²) < 4.78 is 6.90. The lowest BCUT2D eigenvalue weighted by Gasteiger charge is -2.14. The van der Waals surface area contributed by atoms with E-state index in [-0.39, 0.29) is 12.4 Å². The molecule has 2 aromatic heterocycles. The van der Waals surface area contributed by atoms with Crippen LogP contribution in [0.15, 0.2) is 48.7 Å². The van der Waals surface area contributed by atoms with Gasteiger partial charge in [-0.05, 0) is 48.9 Å². The Labute approximate surface area is 178 Å². The zero-order valence-electron chi connectivity index (χ0n) is 15.9. The van der Waals surface area contributed by atoms with Gasteiger partial charge in [0.2, 0.25) is 5.88 Å². The maximum absolute atomic E-state index is 11.1. The van der Waals surface area contributed by atoms with Gasteiger partial charge in [-0.15, -0.1) is 0 Å². The van der Waals surface area contributed by atoms with Crippen LogP contribution in [0.5, 0.6) is 11.6 Å². The van der Waals surface area contributed by atoms with Gasteiger partial charge in [0.1, 0.15) is 5.75 Å². The van der Waals surface area contributed by atoms with Gasteiger partial charge in [-0.25, -0.2) is 0 Å². The lowest BCUT2D eigenvalue weighted by atomic mass is 9.95. The molecule has 0 aliphatic carbocycles. The zero-order valence-corrected chi connectivity index (χ0v) is 17.4. The molecule has 4 aromatic rings. The molecule has 4 rings (SSSR count). The fourth-order valence-electron chi connectivity index (χ4n) is 3.57. The molecule has 148 valence electrons. The third kappa shape index (κ3) is 3.31. The summed E-state index contributed by atoms with van der Waals surface area (Å²) in [6, 6.07) is 12.7. The molecule has 0 amide bonds. The number of halogens is 2. The van der Waals surface area contributed by atoms with E-state index in [1.54, 1.807) is 30.0 Å². The highest BCUT2D eigenvalue weighted by molar-refractivity contribution is 6.36. The Bertz CT molecular complexity index is 1220. The molecule has 0 saturated carbocycles. The van der Waals surface area contributed by atoms with E-state index in [2.05, 4.69) is 4.98 Å². The average Bonchev–Trinajstić information content (AvgIpc) is 3.03. The molecular weight excluding hydrogens is 409 g/mol. The monoisotopic (exact) mass is 427 g/mol. The van der Waals surface area contributed by atoms with Gasteiger partial charge >= 0.3 is 0 Å². The summed E-state index contributed by atoms with van der Waals surface area (Å²) >= 11 is 12.6. The number of ether oxygens (including phenoxy) is 1. The van der Waals surface area contributed by atoms with E-state index in [1.165, 1.54) is 0 Å². The van der Waals surface area contributed by atoms with E-state index in [0.29, 0.717) is 20.9 Å². The fourth-order valence-corrected chi connectivity index (χ4v) is 4.07. The maximum atomic E-state index is 11.1. The molecule has 0 fully saturated rings. The summed E-state index contributed by atoms with van der Waals surface area (Å²) in [6.45, 7) is 2.16. The van der Waals surface area contributed by atoms with Crippen LogP contribution < -0.4 is 10.5 Å². The number of aromatic nitrogens is 2. The first-order chi connectivity index (χ1) is 13.9. The minimum atomic E-state index is 0.0633. The summed E-state index contributed by atoms with van der Waals surface area (Å²) in [5, 5.41) is 12.8. The minimum Gasteiger partial charge on any atom is -0.497 e. The van der Waals surface area contributed by atoms with Crippen LogP contribution in [0.2, 0.25) is 10.0 Å². The number of pyridine rings is 1. The van der Waals surface area contributed by atoms with Crippen LogP contribution >= 0.6 is 23.2 Å². The van der Waals surface area contributed by atoms with Gasteiger partial charge in [-0.1, -0.05) is 29.3 Å². The van der Waals surface area contributed by atoms with E-state index in [0.717, 1.165) is 33.8 Å². The van der Waals surface area contributed by atoms with Crippen LogP contribution in [0.4, 0.5) is 0 Å². The Balaban J connectivity index is 2.04. The second-order valence-electron chi connectivity index (χ2n) is 6.66. The molecule has 0 unspecified atom stereocenters. The number of methoxy groups -OCH3 is 1. The highest BCUT2D eigenvalue weighted by Gasteiger charge is 2.22. The molecule has 0 aliphatic heterocycles. The van der Waals surface area contributed by atoms with Crippen molar-refractivity contribution in [1.29, 1.82) is 0 Å². The number of hydrogen-bond acceptors (Lipinski definition) is 4. The van der Waals surface area contributed by atoms with Crippen molar-refractivity contribution in [2.45, 2.75) is 13.5 Å².